The molecule has 2 rings (SSSR count). The molecule has 1 aromatic rings. The van der Waals surface area contributed by atoms with Gasteiger partial charge in [0.25, 0.3) is 0 Å². The normalized spacial score (nSPS) is 16.8. The lowest BCUT2D eigenvalue weighted by Crippen LogP contribution is -2.33. The van der Waals surface area contributed by atoms with E-state index in [4.69, 9.17) is 0 Å². The van der Waals surface area contributed by atoms with E-state index in [1.54, 1.807) is 0 Å². The third kappa shape index (κ3) is 3.11. The van der Waals surface area contributed by atoms with Gasteiger partial charge in [0.2, 0.25) is 0 Å². The Bertz CT molecular complexity index is 345. The summed E-state index contributed by atoms with van der Waals surface area (Å²) in [6.45, 7) is 3.05. The maximum Gasteiger partial charge on any atom is 0.0573 e. The second kappa shape index (κ2) is 5.89. The first kappa shape index (κ1) is 12.2. The zero-order chi connectivity index (χ0) is 12.1. The summed E-state index contributed by atoms with van der Waals surface area (Å²) in [5, 5.41) is 3.32. The molecule has 3 nitrogen and oxygen atoms in total. The van der Waals surface area contributed by atoms with Crippen LogP contribution in [0, 0.1) is 0 Å². The largest absolute Gasteiger partial charge is 0.384 e. The van der Waals surface area contributed by atoms with Gasteiger partial charge in [-0.2, -0.15) is 0 Å². The molecule has 0 saturated heterocycles. The molecular weight excluding hydrogens is 210 g/mol. The van der Waals surface area contributed by atoms with Crippen LogP contribution in [0.25, 0.3) is 0 Å². The summed E-state index contributed by atoms with van der Waals surface area (Å²) in [7, 11) is 2.20. The van der Waals surface area contributed by atoms with E-state index >= 15 is 0 Å². The third-order valence-corrected chi connectivity index (χ3v) is 3.63. The molecule has 0 aromatic carbocycles. The Kier molecular flexibility index (Phi) is 4.24. The zero-order valence-corrected chi connectivity index (χ0v) is 10.9. The van der Waals surface area contributed by atoms with Gasteiger partial charge in [0.05, 0.1) is 23.8 Å². The molecular formula is C14H23N3. The molecule has 0 spiro atoms. The molecule has 0 bridgehead atoms. The second-order valence-electron chi connectivity index (χ2n) is 4.86. The Morgan fingerprint density at radius 2 is 2.06 bits per heavy atom. The summed E-state index contributed by atoms with van der Waals surface area (Å²) in [5.41, 5.74) is 2.35. The van der Waals surface area contributed by atoms with Crippen molar-refractivity contribution in [2.24, 2.45) is 0 Å². The van der Waals surface area contributed by atoms with Crippen LogP contribution >= 0.6 is 0 Å². The van der Waals surface area contributed by atoms with Crippen LogP contribution in [0.1, 0.15) is 39.0 Å². The van der Waals surface area contributed by atoms with Crippen molar-refractivity contribution in [3.05, 3.63) is 18.5 Å². The lowest BCUT2D eigenvalue weighted by molar-refractivity contribution is 0.427. The molecule has 17 heavy (non-hydrogen) atoms. The topological polar surface area (TPSA) is 28.2 Å². The van der Waals surface area contributed by atoms with Crippen molar-refractivity contribution in [2.75, 3.05) is 23.8 Å². The summed E-state index contributed by atoms with van der Waals surface area (Å²) in [4.78, 5) is 6.71. The lowest BCUT2D eigenvalue weighted by atomic mass is 9.94. The minimum atomic E-state index is 0.697. The molecule has 0 amide bonds. The number of nitrogens with zero attached hydrogens (tertiary/aromatic N) is 2. The fourth-order valence-electron chi connectivity index (χ4n) is 2.60. The number of hydrogen-bond acceptors (Lipinski definition) is 3. The molecule has 0 aliphatic heterocycles. The lowest BCUT2D eigenvalue weighted by Gasteiger charge is -2.32. The Hall–Kier alpha value is -1.25. The Balaban J connectivity index is 2.06. The van der Waals surface area contributed by atoms with Gasteiger partial charge in [0, 0.05) is 19.6 Å². The first-order valence-electron chi connectivity index (χ1n) is 6.73. The summed E-state index contributed by atoms with van der Waals surface area (Å²) in [6, 6.07) is 2.90. The van der Waals surface area contributed by atoms with E-state index < -0.39 is 0 Å². The first-order chi connectivity index (χ1) is 8.31. The minimum Gasteiger partial charge on any atom is -0.384 e. The number of pyridine rings is 1. The van der Waals surface area contributed by atoms with Gasteiger partial charge < -0.3 is 10.2 Å². The Labute approximate surface area is 104 Å². The highest BCUT2D eigenvalue weighted by molar-refractivity contribution is 5.55. The zero-order valence-electron chi connectivity index (χ0n) is 10.9. The van der Waals surface area contributed by atoms with Gasteiger partial charge in [-0.3, -0.25) is 4.98 Å². The van der Waals surface area contributed by atoms with Crippen LogP contribution in [0.4, 0.5) is 11.4 Å². The average Bonchev–Trinajstić information content (AvgIpc) is 2.40. The van der Waals surface area contributed by atoms with Crippen molar-refractivity contribution >= 4 is 11.4 Å². The standard InChI is InChI=1S/C14H23N3/c1-3-16-12-9-14(11-15-10-12)17(2)13-7-5-4-6-8-13/h9-11,13,16H,3-8H2,1-2H3. The quantitative estimate of drug-likeness (QED) is 0.865. The fraction of sp³-hybridized carbons (Fsp3) is 0.643. The van der Waals surface area contributed by atoms with Crippen molar-refractivity contribution in [3.8, 4) is 0 Å². The maximum atomic E-state index is 4.31. The molecule has 0 atom stereocenters. The van der Waals surface area contributed by atoms with E-state index in [9.17, 15) is 0 Å². The van der Waals surface area contributed by atoms with Gasteiger partial charge in [0.1, 0.15) is 0 Å². The first-order valence-corrected chi connectivity index (χ1v) is 6.73. The highest BCUT2D eigenvalue weighted by Crippen LogP contribution is 2.26. The van der Waals surface area contributed by atoms with E-state index in [0.717, 1.165) is 12.2 Å². The van der Waals surface area contributed by atoms with Crippen LogP contribution in [0.5, 0.6) is 0 Å². The van der Waals surface area contributed by atoms with E-state index in [1.165, 1.54) is 37.8 Å². The number of aromatic nitrogens is 1. The molecule has 1 heterocycles. The second-order valence-corrected chi connectivity index (χ2v) is 4.86. The summed E-state index contributed by atoms with van der Waals surface area (Å²) >= 11 is 0. The SMILES string of the molecule is CCNc1cncc(N(C)C2CCCCC2)c1. The number of nitrogens with one attached hydrogen (secondary N) is 1. The van der Waals surface area contributed by atoms with Gasteiger partial charge in [-0.1, -0.05) is 19.3 Å². The van der Waals surface area contributed by atoms with Crippen molar-refractivity contribution in [2.45, 2.75) is 45.1 Å². The molecule has 1 aliphatic rings. The number of rotatable bonds is 4. The van der Waals surface area contributed by atoms with Crippen molar-refractivity contribution < 1.29 is 0 Å². The van der Waals surface area contributed by atoms with Crippen LogP contribution in [0.3, 0.4) is 0 Å². The van der Waals surface area contributed by atoms with Crippen molar-refractivity contribution in [1.82, 2.24) is 4.98 Å². The molecule has 0 radical (unpaired) electrons. The smallest absolute Gasteiger partial charge is 0.0573 e. The number of anilines is 2. The van der Waals surface area contributed by atoms with Gasteiger partial charge in [0.15, 0.2) is 0 Å². The molecule has 94 valence electrons. The number of hydrogen-bond donors (Lipinski definition) is 1. The predicted octanol–water partition coefficient (Wildman–Crippen LogP) is 3.28. The van der Waals surface area contributed by atoms with Crippen molar-refractivity contribution in [3.63, 3.8) is 0 Å². The fourth-order valence-corrected chi connectivity index (χ4v) is 2.60. The third-order valence-electron chi connectivity index (χ3n) is 3.63. The predicted molar refractivity (Wildman–Crippen MR) is 73.7 cm³/mol. The van der Waals surface area contributed by atoms with E-state index in [2.05, 4.69) is 35.2 Å². The summed E-state index contributed by atoms with van der Waals surface area (Å²) < 4.78 is 0. The van der Waals surface area contributed by atoms with Crippen LogP contribution in [-0.2, 0) is 0 Å². The maximum absolute atomic E-state index is 4.31. The molecule has 0 unspecified atom stereocenters. The van der Waals surface area contributed by atoms with Crippen LogP contribution in [0.2, 0.25) is 0 Å². The highest BCUT2D eigenvalue weighted by atomic mass is 15.1. The summed E-state index contributed by atoms with van der Waals surface area (Å²) in [5.74, 6) is 0. The van der Waals surface area contributed by atoms with E-state index in [1.807, 2.05) is 12.4 Å². The Morgan fingerprint density at radius 1 is 1.29 bits per heavy atom. The molecule has 1 fully saturated rings. The van der Waals surface area contributed by atoms with Crippen LogP contribution < -0.4 is 10.2 Å². The van der Waals surface area contributed by atoms with Gasteiger partial charge in [-0.05, 0) is 25.8 Å². The van der Waals surface area contributed by atoms with E-state index in [-0.39, 0.29) is 0 Å². The van der Waals surface area contributed by atoms with Gasteiger partial charge >= 0.3 is 0 Å². The van der Waals surface area contributed by atoms with Crippen molar-refractivity contribution in [1.29, 1.82) is 0 Å². The van der Waals surface area contributed by atoms with Gasteiger partial charge in [-0.15, -0.1) is 0 Å². The summed E-state index contributed by atoms with van der Waals surface area (Å²) in [6.07, 6.45) is 10.6. The average molecular weight is 233 g/mol. The molecule has 1 saturated carbocycles. The Morgan fingerprint density at radius 3 is 2.76 bits per heavy atom. The van der Waals surface area contributed by atoms with E-state index in [0.29, 0.717) is 6.04 Å². The highest BCUT2D eigenvalue weighted by Gasteiger charge is 2.18. The van der Waals surface area contributed by atoms with Gasteiger partial charge in [-0.25, -0.2) is 0 Å². The van der Waals surface area contributed by atoms with Crippen LogP contribution in [-0.4, -0.2) is 24.6 Å². The van der Waals surface area contributed by atoms with Crippen LogP contribution in [0.15, 0.2) is 18.5 Å². The monoisotopic (exact) mass is 233 g/mol. The molecule has 1 aliphatic carbocycles. The molecule has 1 N–H and O–H groups in total. The molecule has 1 aromatic heterocycles. The molecule has 3 heteroatoms. The minimum absolute atomic E-state index is 0.697.